The number of nitrogens with zero attached hydrogens (tertiary/aromatic N) is 1. The Morgan fingerprint density at radius 1 is 0.579 bits per heavy atom. The van der Waals surface area contributed by atoms with Gasteiger partial charge in [0.1, 0.15) is 16.5 Å². The molecule has 0 bridgehead atoms. The summed E-state index contributed by atoms with van der Waals surface area (Å²) in [6.07, 6.45) is 2.38. The van der Waals surface area contributed by atoms with Crippen molar-refractivity contribution in [2.45, 2.75) is 133 Å². The quantitative estimate of drug-likeness (QED) is 0.109. The third-order valence-corrected chi connectivity index (χ3v) is 18.5. The summed E-state index contributed by atoms with van der Waals surface area (Å²) in [5.74, 6) is 1.25. The molecule has 0 aromatic heterocycles. The van der Waals surface area contributed by atoms with Crippen LogP contribution in [0.2, 0.25) is 39.3 Å². The number of hydrogen-bond donors (Lipinski definition) is 0. The maximum atomic E-state index is 5.98. The van der Waals surface area contributed by atoms with Crippen molar-refractivity contribution in [3.63, 3.8) is 0 Å². The van der Waals surface area contributed by atoms with E-state index in [4.69, 9.17) is 25.0 Å². The van der Waals surface area contributed by atoms with E-state index in [1.165, 1.54) is 101 Å². The molecule has 0 spiro atoms. The molecule has 0 saturated heterocycles. The van der Waals surface area contributed by atoms with Gasteiger partial charge in [-0.2, -0.15) is 12.1 Å². The van der Waals surface area contributed by atoms with Crippen molar-refractivity contribution in [2.24, 2.45) is 0 Å². The molecule has 0 saturated carbocycles. The fourth-order valence-electron chi connectivity index (χ4n) is 7.67. The molecule has 0 aliphatic rings. The van der Waals surface area contributed by atoms with Crippen LogP contribution >= 0.6 is 17.0 Å². The zero-order chi connectivity index (χ0) is 43.0. The Labute approximate surface area is 370 Å². The first-order valence-electron chi connectivity index (χ1n) is 20.7. The first-order chi connectivity index (χ1) is 26.6. The van der Waals surface area contributed by atoms with E-state index in [0.29, 0.717) is 11.8 Å². The minimum absolute atomic E-state index is 0.626. The van der Waals surface area contributed by atoms with Crippen LogP contribution in [0.25, 0.3) is 43.8 Å². The van der Waals surface area contributed by atoms with Gasteiger partial charge in [0.05, 0.1) is 0 Å². The van der Waals surface area contributed by atoms with Crippen LogP contribution in [0.5, 0.6) is 0 Å². The molecular weight excluding hydrogens is 844 g/mol. The van der Waals surface area contributed by atoms with Crippen molar-refractivity contribution >= 4 is 63.0 Å². The Hall–Kier alpha value is -1.98. The standard InChI is InChI=1S/2C22H25.C6H18BNSi2.2ClH.Zr/c2*1-6-15(3)19-12-18-8-7-9-20(22(18)13-19)21-11-14(2)10-16(4)17(21)5;1-9(2,3)8(7)10(4,5)6;;;/h2*7-13,15H,6H2,1-5H3;1-6H3;2*1H;/q2*-1;;;;+4/p-2. The summed E-state index contributed by atoms with van der Waals surface area (Å²) in [5, 5.41) is 5.52. The van der Waals surface area contributed by atoms with Crippen LogP contribution in [0.3, 0.4) is 0 Å². The number of rotatable bonds is 8. The molecule has 6 aromatic carbocycles. The predicted octanol–water partition coefficient (Wildman–Crippen LogP) is 16.7. The Balaban J connectivity index is 0.000000236. The first-order valence-corrected chi connectivity index (χ1v) is 33.9. The van der Waals surface area contributed by atoms with Gasteiger partial charge in [0.2, 0.25) is 0 Å². The van der Waals surface area contributed by atoms with Crippen LogP contribution < -0.4 is 0 Å². The van der Waals surface area contributed by atoms with E-state index < -0.39 is 37.3 Å². The van der Waals surface area contributed by atoms with Gasteiger partial charge in [-0.15, -0.1) is 69.1 Å². The Morgan fingerprint density at radius 2 is 0.912 bits per heavy atom. The Bertz CT molecular complexity index is 2070. The second kappa shape index (κ2) is 21.5. The monoisotopic (exact) mass is 909 g/mol. The average molecular weight is 912 g/mol. The number of fused-ring (bicyclic) bond motifs is 2. The predicted molar refractivity (Wildman–Crippen MR) is 262 cm³/mol. The summed E-state index contributed by atoms with van der Waals surface area (Å²) >= 11 is -0.826. The molecule has 6 rings (SSSR count). The topological polar surface area (TPSA) is 3.24 Å². The fraction of sp³-hybridized carbons (Fsp3) is 0.400. The third-order valence-electron chi connectivity index (χ3n) is 11.6. The van der Waals surface area contributed by atoms with Crippen molar-refractivity contribution in [3.8, 4) is 22.3 Å². The second-order valence-electron chi connectivity index (χ2n) is 18.1. The molecule has 57 heavy (non-hydrogen) atoms. The van der Waals surface area contributed by atoms with Gasteiger partial charge in [0, 0.05) is 0 Å². The molecule has 0 heterocycles. The molecule has 2 atom stereocenters. The minimum atomic E-state index is -1.22. The molecule has 0 amide bonds. The summed E-state index contributed by atoms with van der Waals surface area (Å²) in [5.41, 5.74) is 16.6. The van der Waals surface area contributed by atoms with Gasteiger partial charge < -0.3 is 4.14 Å². The van der Waals surface area contributed by atoms with Crippen LogP contribution in [-0.2, 0) is 20.8 Å². The molecular formula is C50H68BCl2NSi2Zr. The summed E-state index contributed by atoms with van der Waals surface area (Å²) in [7, 11) is 13.4. The molecule has 302 valence electrons. The molecule has 0 aliphatic carbocycles. The molecule has 1 nitrogen and oxygen atoms in total. The van der Waals surface area contributed by atoms with Gasteiger partial charge in [-0.3, -0.25) is 0 Å². The van der Waals surface area contributed by atoms with E-state index in [-0.39, 0.29) is 0 Å². The summed E-state index contributed by atoms with van der Waals surface area (Å²) in [4.78, 5) is 0. The van der Waals surface area contributed by atoms with Gasteiger partial charge in [-0.1, -0.05) is 138 Å². The van der Waals surface area contributed by atoms with Crippen LogP contribution in [0.15, 0.2) is 84.9 Å². The van der Waals surface area contributed by atoms with E-state index in [1.807, 2.05) is 0 Å². The van der Waals surface area contributed by atoms with Gasteiger partial charge in [0.15, 0.2) is 7.98 Å². The molecule has 0 N–H and O–H groups in total. The van der Waals surface area contributed by atoms with Crippen molar-refractivity contribution in [1.82, 2.24) is 4.14 Å². The average Bonchev–Trinajstić information content (AvgIpc) is 3.79. The van der Waals surface area contributed by atoms with Crippen LogP contribution in [0.4, 0.5) is 0 Å². The molecule has 2 radical (unpaired) electrons. The molecule has 0 fully saturated rings. The fourth-order valence-corrected chi connectivity index (χ4v) is 15.7. The maximum absolute atomic E-state index is 5.98. The zero-order valence-electron chi connectivity index (χ0n) is 37.9. The normalized spacial score (nSPS) is 12.5. The summed E-state index contributed by atoms with van der Waals surface area (Å²) in [6.45, 7) is 36.1. The summed E-state index contributed by atoms with van der Waals surface area (Å²) in [6, 6.07) is 32.1. The van der Waals surface area contributed by atoms with Crippen LogP contribution in [0.1, 0.15) is 96.9 Å². The molecule has 7 heteroatoms. The van der Waals surface area contributed by atoms with E-state index in [9.17, 15) is 0 Å². The SMILES string of the molecule is CCC(C)c1cc2c(-c3cc(C)cc(C)c3C)cccc2[cH-]1.CCC(C)c1cc2c(-c3cc(C)cc(C)c3C)cccc2[cH-]1.[B]N([Si](C)(C)C)[Si](C)(C)C.[Cl][Zr+2][Cl]. The van der Waals surface area contributed by atoms with Gasteiger partial charge in [-0.25, -0.2) is 0 Å². The Kier molecular flexibility index (Phi) is 18.6. The van der Waals surface area contributed by atoms with E-state index in [1.54, 1.807) is 0 Å². The number of hydrogen-bond acceptors (Lipinski definition) is 1. The van der Waals surface area contributed by atoms with E-state index in [0.717, 1.165) is 0 Å². The summed E-state index contributed by atoms with van der Waals surface area (Å²) < 4.78 is 2.15. The number of halogens is 2. The van der Waals surface area contributed by atoms with Gasteiger partial charge in [-0.05, 0) is 86.8 Å². The molecule has 2 unspecified atom stereocenters. The number of aryl methyl sites for hydroxylation is 4. The zero-order valence-corrected chi connectivity index (χ0v) is 43.9. The van der Waals surface area contributed by atoms with E-state index >= 15 is 0 Å². The first kappa shape index (κ1) is 49.4. The van der Waals surface area contributed by atoms with Gasteiger partial charge in [0.25, 0.3) is 0 Å². The van der Waals surface area contributed by atoms with Crippen LogP contribution in [0, 0.1) is 41.5 Å². The van der Waals surface area contributed by atoms with E-state index in [2.05, 4.69) is 198 Å². The van der Waals surface area contributed by atoms with Crippen molar-refractivity contribution in [2.75, 3.05) is 0 Å². The number of benzene rings is 4. The van der Waals surface area contributed by atoms with Crippen molar-refractivity contribution in [1.29, 1.82) is 0 Å². The van der Waals surface area contributed by atoms with Crippen molar-refractivity contribution < 1.29 is 20.8 Å². The Morgan fingerprint density at radius 3 is 1.19 bits per heavy atom. The van der Waals surface area contributed by atoms with Crippen molar-refractivity contribution in [3.05, 3.63) is 129 Å². The van der Waals surface area contributed by atoms with Gasteiger partial charge >= 0.3 is 37.9 Å². The van der Waals surface area contributed by atoms with Crippen LogP contribution in [-0.4, -0.2) is 28.6 Å². The molecule has 0 aliphatic heterocycles. The third kappa shape index (κ3) is 13.0. The molecule has 6 aromatic rings. The second-order valence-corrected chi connectivity index (χ2v) is 31.9.